The van der Waals surface area contributed by atoms with Crippen LogP contribution in [-0.4, -0.2) is 34.6 Å². The van der Waals surface area contributed by atoms with Gasteiger partial charge in [0.2, 0.25) is 0 Å². The Balaban J connectivity index is 1.87. The van der Waals surface area contributed by atoms with Crippen LogP contribution in [0.2, 0.25) is 5.02 Å². The summed E-state index contributed by atoms with van der Waals surface area (Å²) in [4.78, 5) is 6.58. The van der Waals surface area contributed by atoms with Crippen LogP contribution in [0.15, 0.2) is 30.7 Å². The number of nitrogen functional groups attached to an aromatic ring is 1. The Labute approximate surface area is 176 Å². The lowest BCUT2D eigenvalue weighted by Crippen LogP contribution is -2.32. The predicted octanol–water partition coefficient (Wildman–Crippen LogP) is 5.16. The summed E-state index contributed by atoms with van der Waals surface area (Å²) in [6.45, 7) is 1.99. The molecule has 2 heterocycles. The number of anilines is 1. The van der Waals surface area contributed by atoms with Crippen molar-refractivity contribution in [2.75, 3.05) is 19.8 Å². The summed E-state index contributed by atoms with van der Waals surface area (Å²) in [5, 5.41) is 11.1. The molecule has 3 aromatic rings. The number of hydrogen-bond donors (Lipinski definition) is 1. The highest BCUT2D eigenvalue weighted by Crippen LogP contribution is 2.41. The molecule has 1 fully saturated rings. The average Bonchev–Trinajstić information content (AvgIpc) is 3.07. The van der Waals surface area contributed by atoms with Gasteiger partial charge < -0.3 is 15.2 Å². The number of nitriles is 1. The van der Waals surface area contributed by atoms with E-state index >= 15 is 0 Å². The molecule has 1 aromatic carbocycles. The molecule has 1 saturated carbocycles. The predicted molar refractivity (Wildman–Crippen MR) is 119 cm³/mol. The molecule has 0 saturated heterocycles. The summed E-state index contributed by atoms with van der Waals surface area (Å²) >= 11 is 6.54. The van der Waals surface area contributed by atoms with Crippen molar-refractivity contribution >= 4 is 28.2 Å². The van der Waals surface area contributed by atoms with Crippen molar-refractivity contribution in [1.82, 2.24) is 14.5 Å². The van der Waals surface area contributed by atoms with E-state index in [9.17, 15) is 5.26 Å². The van der Waals surface area contributed by atoms with Gasteiger partial charge in [0, 0.05) is 46.5 Å². The second-order valence-corrected chi connectivity index (χ2v) is 8.64. The number of aromatic nitrogens is 2. The van der Waals surface area contributed by atoms with Gasteiger partial charge in [0.05, 0.1) is 28.5 Å². The molecule has 29 heavy (non-hydrogen) atoms. The molecule has 150 valence electrons. The molecule has 5 nitrogen and oxygen atoms in total. The second-order valence-electron chi connectivity index (χ2n) is 8.26. The van der Waals surface area contributed by atoms with E-state index in [0.29, 0.717) is 28.4 Å². The second kappa shape index (κ2) is 7.70. The van der Waals surface area contributed by atoms with Gasteiger partial charge in [0.1, 0.15) is 0 Å². The SMILES string of the molecule is Cc1cc2c(cc1C#N)c(-c1cncc(N)c1Cl)cn2[C@H]1CC[C@H](N(C)C)CC1. The molecule has 0 radical (unpaired) electrons. The van der Waals surface area contributed by atoms with Crippen LogP contribution in [-0.2, 0) is 0 Å². The summed E-state index contributed by atoms with van der Waals surface area (Å²) in [6.07, 6.45) is 10.1. The first kappa shape index (κ1) is 19.8. The number of pyridine rings is 1. The number of benzene rings is 1. The third-order valence-electron chi connectivity index (χ3n) is 6.29. The summed E-state index contributed by atoms with van der Waals surface area (Å²) in [5.41, 5.74) is 11.1. The Morgan fingerprint density at radius 3 is 2.55 bits per heavy atom. The fourth-order valence-electron chi connectivity index (χ4n) is 4.54. The molecule has 4 rings (SSSR count). The first-order valence-electron chi connectivity index (χ1n) is 10.0. The molecular weight excluding hydrogens is 382 g/mol. The van der Waals surface area contributed by atoms with E-state index in [1.54, 1.807) is 12.4 Å². The quantitative estimate of drug-likeness (QED) is 0.650. The van der Waals surface area contributed by atoms with Crippen molar-refractivity contribution in [3.05, 3.63) is 46.9 Å². The smallest absolute Gasteiger partial charge is 0.0994 e. The summed E-state index contributed by atoms with van der Waals surface area (Å²) < 4.78 is 2.38. The zero-order valence-corrected chi connectivity index (χ0v) is 17.9. The van der Waals surface area contributed by atoms with Gasteiger partial charge in [-0.1, -0.05) is 11.6 Å². The number of halogens is 1. The topological polar surface area (TPSA) is 70.9 Å². The van der Waals surface area contributed by atoms with E-state index in [4.69, 9.17) is 17.3 Å². The number of fused-ring (bicyclic) bond motifs is 1. The van der Waals surface area contributed by atoms with Gasteiger partial charge in [0.25, 0.3) is 0 Å². The molecule has 0 amide bonds. The van der Waals surface area contributed by atoms with Gasteiger partial charge in [-0.25, -0.2) is 0 Å². The van der Waals surface area contributed by atoms with Crippen LogP contribution in [0.5, 0.6) is 0 Å². The van der Waals surface area contributed by atoms with Gasteiger partial charge in [-0.05, 0) is 64.4 Å². The Hall–Kier alpha value is -2.55. The molecule has 1 aliphatic carbocycles. The van der Waals surface area contributed by atoms with Gasteiger partial charge in [-0.3, -0.25) is 4.98 Å². The van der Waals surface area contributed by atoms with E-state index in [1.807, 2.05) is 13.0 Å². The number of aryl methyl sites for hydroxylation is 1. The van der Waals surface area contributed by atoms with E-state index in [-0.39, 0.29) is 0 Å². The lowest BCUT2D eigenvalue weighted by Gasteiger charge is -2.33. The van der Waals surface area contributed by atoms with Crippen LogP contribution in [0.3, 0.4) is 0 Å². The van der Waals surface area contributed by atoms with Crippen LogP contribution in [0.25, 0.3) is 22.0 Å². The van der Waals surface area contributed by atoms with E-state index in [0.717, 1.165) is 40.4 Å². The standard InChI is InChI=1S/C23H26ClN5/c1-14-8-22-18(9-15(14)10-25)20(19-11-27-12-21(26)23(19)24)13-29(22)17-6-4-16(5-7-17)28(2)3/h8-9,11-13,16-17H,4-7,26H2,1-3H3/t16-,17-. The molecule has 0 bridgehead atoms. The van der Waals surface area contributed by atoms with Gasteiger partial charge in [-0.15, -0.1) is 0 Å². The van der Waals surface area contributed by atoms with Crippen LogP contribution in [0, 0.1) is 18.3 Å². The van der Waals surface area contributed by atoms with Gasteiger partial charge in [0.15, 0.2) is 0 Å². The van der Waals surface area contributed by atoms with Crippen LogP contribution >= 0.6 is 11.6 Å². The normalized spacial score (nSPS) is 19.6. The average molecular weight is 408 g/mol. The van der Waals surface area contributed by atoms with Crippen molar-refractivity contribution in [3.8, 4) is 17.2 Å². The Morgan fingerprint density at radius 1 is 1.17 bits per heavy atom. The third-order valence-corrected chi connectivity index (χ3v) is 6.71. The third kappa shape index (κ3) is 3.48. The fourth-order valence-corrected chi connectivity index (χ4v) is 4.74. The summed E-state index contributed by atoms with van der Waals surface area (Å²) in [6, 6.07) is 7.49. The maximum absolute atomic E-state index is 9.55. The number of hydrogen-bond acceptors (Lipinski definition) is 4. The Kier molecular flexibility index (Phi) is 5.24. The lowest BCUT2D eigenvalue weighted by molar-refractivity contribution is 0.197. The van der Waals surface area contributed by atoms with E-state index in [1.165, 1.54) is 12.8 Å². The monoisotopic (exact) mass is 407 g/mol. The minimum atomic E-state index is 0.433. The highest BCUT2D eigenvalue weighted by atomic mass is 35.5. The maximum atomic E-state index is 9.55. The highest BCUT2D eigenvalue weighted by molar-refractivity contribution is 6.36. The molecule has 0 atom stereocenters. The zero-order chi connectivity index (χ0) is 20.7. The zero-order valence-electron chi connectivity index (χ0n) is 17.1. The minimum Gasteiger partial charge on any atom is -0.396 e. The fraction of sp³-hybridized carbons (Fsp3) is 0.391. The molecule has 0 aliphatic heterocycles. The van der Waals surface area contributed by atoms with Crippen molar-refractivity contribution in [1.29, 1.82) is 5.26 Å². The Bertz CT molecular complexity index is 1100. The Morgan fingerprint density at radius 2 is 1.90 bits per heavy atom. The van der Waals surface area contributed by atoms with Crippen molar-refractivity contribution < 1.29 is 0 Å². The highest BCUT2D eigenvalue weighted by Gasteiger charge is 2.26. The van der Waals surface area contributed by atoms with Gasteiger partial charge >= 0.3 is 0 Å². The largest absolute Gasteiger partial charge is 0.396 e. The summed E-state index contributed by atoms with van der Waals surface area (Å²) in [7, 11) is 4.32. The first-order valence-corrected chi connectivity index (χ1v) is 10.4. The number of nitrogens with zero attached hydrogens (tertiary/aromatic N) is 4. The minimum absolute atomic E-state index is 0.433. The van der Waals surface area contributed by atoms with E-state index < -0.39 is 0 Å². The van der Waals surface area contributed by atoms with Crippen LogP contribution < -0.4 is 5.73 Å². The molecule has 1 aliphatic rings. The van der Waals surface area contributed by atoms with Crippen molar-refractivity contribution in [2.24, 2.45) is 0 Å². The molecule has 0 spiro atoms. The maximum Gasteiger partial charge on any atom is 0.0994 e. The number of nitrogens with two attached hydrogens (primary N) is 1. The molecular formula is C23H26ClN5. The first-order chi connectivity index (χ1) is 13.9. The molecule has 2 N–H and O–H groups in total. The summed E-state index contributed by atoms with van der Waals surface area (Å²) in [5.74, 6) is 0. The molecule has 2 aromatic heterocycles. The van der Waals surface area contributed by atoms with E-state index in [2.05, 4.69) is 46.9 Å². The molecule has 0 unspecified atom stereocenters. The van der Waals surface area contributed by atoms with Crippen molar-refractivity contribution in [2.45, 2.75) is 44.7 Å². The van der Waals surface area contributed by atoms with Gasteiger partial charge in [-0.2, -0.15) is 5.26 Å². The molecule has 6 heteroatoms. The number of rotatable bonds is 3. The lowest BCUT2D eigenvalue weighted by atomic mass is 9.90. The van der Waals surface area contributed by atoms with Crippen LogP contribution in [0.1, 0.15) is 42.9 Å². The van der Waals surface area contributed by atoms with Crippen molar-refractivity contribution in [3.63, 3.8) is 0 Å². The van der Waals surface area contributed by atoms with Crippen LogP contribution in [0.4, 0.5) is 5.69 Å².